The van der Waals surface area contributed by atoms with Crippen molar-refractivity contribution in [1.82, 2.24) is 10.1 Å². The Balaban J connectivity index is 1.37. The molecule has 0 unspecified atom stereocenters. The Labute approximate surface area is 168 Å². The van der Waals surface area contributed by atoms with Gasteiger partial charge in [-0.25, -0.2) is 4.79 Å². The summed E-state index contributed by atoms with van der Waals surface area (Å²) in [7, 11) is 0. The van der Waals surface area contributed by atoms with Crippen molar-refractivity contribution in [2.24, 2.45) is 5.41 Å². The zero-order valence-corrected chi connectivity index (χ0v) is 16.8. The minimum Gasteiger partial charge on any atom is -0.338 e. The average molecular weight is 406 g/mol. The van der Waals surface area contributed by atoms with Crippen molar-refractivity contribution in [2.45, 2.75) is 33.1 Å². The van der Waals surface area contributed by atoms with Crippen LogP contribution in [0.15, 0.2) is 28.8 Å². The second-order valence-electron chi connectivity index (χ2n) is 7.48. The molecule has 7 heteroatoms. The molecule has 142 valence electrons. The number of halogens is 2. The number of urea groups is 1. The molecule has 1 spiro atoms. The number of benzene rings is 1. The van der Waals surface area contributed by atoms with E-state index in [1.807, 2.05) is 36.9 Å². The number of hydrogen-bond acceptors (Lipinski definition) is 3. The summed E-state index contributed by atoms with van der Waals surface area (Å²) in [5, 5.41) is 7.86. The van der Waals surface area contributed by atoms with Gasteiger partial charge in [0.25, 0.3) is 0 Å². The number of likely N-dealkylation sites (tertiary alicyclic amines) is 1. The third-order valence-electron chi connectivity index (χ3n) is 5.74. The first-order valence-corrected chi connectivity index (χ1v) is 9.78. The largest absolute Gasteiger partial charge is 0.338 e. The van der Waals surface area contributed by atoms with Gasteiger partial charge in [0.2, 0.25) is 5.88 Å². The normalized spacial score (nSPS) is 18.2. The van der Waals surface area contributed by atoms with E-state index in [-0.39, 0.29) is 11.4 Å². The minimum absolute atomic E-state index is 0.128. The molecular formula is C20H21Cl2N3O2. The maximum atomic E-state index is 12.5. The van der Waals surface area contributed by atoms with Crippen LogP contribution in [0, 0.1) is 19.3 Å². The number of nitrogens with zero attached hydrogens (tertiary/aromatic N) is 2. The molecular weight excluding hydrogens is 385 g/mol. The SMILES string of the molecule is Cc1noc(NC(=O)N2CCC3(C=C(c4ccc(Cl)c(Cl)c4)C3)CC2)c1C. The van der Waals surface area contributed by atoms with Crippen LogP contribution in [-0.2, 0) is 0 Å². The van der Waals surface area contributed by atoms with Gasteiger partial charge in [0.1, 0.15) is 0 Å². The molecule has 2 aliphatic rings. The zero-order valence-electron chi connectivity index (χ0n) is 15.3. The van der Waals surface area contributed by atoms with Crippen molar-refractivity contribution in [3.63, 3.8) is 0 Å². The van der Waals surface area contributed by atoms with Gasteiger partial charge in [-0.2, -0.15) is 0 Å². The van der Waals surface area contributed by atoms with Gasteiger partial charge in [0, 0.05) is 18.7 Å². The molecule has 1 N–H and O–H groups in total. The minimum atomic E-state index is -0.128. The van der Waals surface area contributed by atoms with Crippen LogP contribution in [0.1, 0.15) is 36.1 Å². The number of aromatic nitrogens is 1. The molecule has 27 heavy (non-hydrogen) atoms. The van der Waals surface area contributed by atoms with Crippen molar-refractivity contribution >= 4 is 40.7 Å². The third-order valence-corrected chi connectivity index (χ3v) is 6.48. The van der Waals surface area contributed by atoms with Gasteiger partial charge in [-0.15, -0.1) is 0 Å². The fourth-order valence-electron chi connectivity index (χ4n) is 3.79. The van der Waals surface area contributed by atoms with Gasteiger partial charge in [-0.05, 0) is 61.8 Å². The quantitative estimate of drug-likeness (QED) is 0.696. The van der Waals surface area contributed by atoms with Crippen molar-refractivity contribution in [2.75, 3.05) is 18.4 Å². The number of carbonyl (C=O) groups is 1. The Kier molecular flexibility index (Phi) is 4.68. The van der Waals surface area contributed by atoms with Crippen LogP contribution in [-0.4, -0.2) is 29.2 Å². The van der Waals surface area contributed by atoms with Crippen LogP contribution in [0.3, 0.4) is 0 Å². The van der Waals surface area contributed by atoms with E-state index in [4.69, 9.17) is 27.7 Å². The number of aryl methyl sites for hydroxylation is 1. The number of carbonyl (C=O) groups excluding carboxylic acids is 1. The molecule has 2 amide bonds. The smallest absolute Gasteiger partial charge is 0.324 e. The van der Waals surface area contributed by atoms with Gasteiger partial charge in [-0.3, -0.25) is 5.32 Å². The van der Waals surface area contributed by atoms with Crippen LogP contribution in [0.5, 0.6) is 0 Å². The molecule has 1 aromatic carbocycles. The molecule has 0 radical (unpaired) electrons. The third kappa shape index (κ3) is 3.46. The Morgan fingerprint density at radius 2 is 1.93 bits per heavy atom. The van der Waals surface area contributed by atoms with Crippen molar-refractivity contribution in [1.29, 1.82) is 0 Å². The van der Waals surface area contributed by atoms with E-state index < -0.39 is 0 Å². The molecule has 2 heterocycles. The summed E-state index contributed by atoms with van der Waals surface area (Å²) < 4.78 is 5.17. The van der Waals surface area contributed by atoms with Crippen molar-refractivity contribution < 1.29 is 9.32 Å². The Hall–Kier alpha value is -1.98. The van der Waals surface area contributed by atoms with Gasteiger partial charge in [-0.1, -0.05) is 40.5 Å². The molecule has 5 nitrogen and oxygen atoms in total. The van der Waals surface area contributed by atoms with E-state index in [1.165, 1.54) is 5.57 Å². The van der Waals surface area contributed by atoms with Crippen LogP contribution in [0.25, 0.3) is 5.57 Å². The summed E-state index contributed by atoms with van der Waals surface area (Å²) in [4.78, 5) is 14.3. The number of amides is 2. The predicted octanol–water partition coefficient (Wildman–Crippen LogP) is 5.70. The lowest BCUT2D eigenvalue weighted by Crippen LogP contribution is -2.46. The van der Waals surface area contributed by atoms with Crippen LogP contribution >= 0.6 is 23.2 Å². The highest BCUT2D eigenvalue weighted by atomic mass is 35.5. The van der Waals surface area contributed by atoms with Crippen molar-refractivity contribution in [3.05, 3.63) is 51.1 Å². The van der Waals surface area contributed by atoms with Crippen molar-refractivity contribution in [3.8, 4) is 0 Å². The lowest BCUT2D eigenvalue weighted by Gasteiger charge is -2.46. The van der Waals surface area contributed by atoms with E-state index in [0.29, 0.717) is 15.9 Å². The fraction of sp³-hybridized carbons (Fsp3) is 0.400. The Morgan fingerprint density at radius 3 is 2.52 bits per heavy atom. The van der Waals surface area contributed by atoms with E-state index >= 15 is 0 Å². The summed E-state index contributed by atoms with van der Waals surface area (Å²) in [5.74, 6) is 0.434. The van der Waals surface area contributed by atoms with E-state index in [0.717, 1.165) is 49.2 Å². The molecule has 2 aromatic rings. The summed E-state index contributed by atoms with van der Waals surface area (Å²) in [6, 6.07) is 5.65. The first-order chi connectivity index (χ1) is 12.9. The summed E-state index contributed by atoms with van der Waals surface area (Å²) >= 11 is 12.1. The number of nitrogens with one attached hydrogen (secondary N) is 1. The summed E-state index contributed by atoms with van der Waals surface area (Å²) in [5.41, 5.74) is 4.28. The molecule has 1 aromatic heterocycles. The maximum absolute atomic E-state index is 12.5. The number of anilines is 1. The lowest BCUT2D eigenvalue weighted by atomic mass is 9.64. The Bertz CT molecular complexity index is 927. The molecule has 0 bridgehead atoms. The van der Waals surface area contributed by atoms with Crippen LogP contribution in [0.4, 0.5) is 10.7 Å². The average Bonchev–Trinajstić information content (AvgIpc) is 2.94. The molecule has 4 rings (SSSR count). The highest BCUT2D eigenvalue weighted by Gasteiger charge is 2.40. The fourth-order valence-corrected chi connectivity index (χ4v) is 4.08. The monoisotopic (exact) mass is 405 g/mol. The zero-order chi connectivity index (χ0) is 19.2. The van der Waals surface area contributed by atoms with Gasteiger partial charge < -0.3 is 9.42 Å². The van der Waals surface area contributed by atoms with E-state index in [1.54, 1.807) is 0 Å². The molecule has 1 aliphatic carbocycles. The molecule has 1 fully saturated rings. The number of hydrogen-bond donors (Lipinski definition) is 1. The standard InChI is InChI=1S/C20H21Cl2N3O2/c1-12-13(2)24-27-18(12)23-19(26)25-7-5-20(6-8-25)10-15(11-20)14-3-4-16(21)17(22)9-14/h3-4,9-10H,5-8,11H2,1-2H3,(H,23,26). The predicted molar refractivity (Wildman–Crippen MR) is 107 cm³/mol. The first kappa shape index (κ1) is 18.4. The van der Waals surface area contributed by atoms with Crippen LogP contribution < -0.4 is 5.32 Å². The molecule has 1 saturated heterocycles. The second-order valence-corrected chi connectivity index (χ2v) is 8.29. The van der Waals surface area contributed by atoms with E-state index in [9.17, 15) is 4.79 Å². The van der Waals surface area contributed by atoms with Crippen LogP contribution in [0.2, 0.25) is 10.0 Å². The number of rotatable bonds is 2. The van der Waals surface area contributed by atoms with Gasteiger partial charge in [0.05, 0.1) is 15.7 Å². The molecule has 1 aliphatic heterocycles. The number of piperidine rings is 1. The van der Waals surface area contributed by atoms with Gasteiger partial charge >= 0.3 is 6.03 Å². The lowest BCUT2D eigenvalue weighted by molar-refractivity contribution is 0.149. The molecule has 0 atom stereocenters. The van der Waals surface area contributed by atoms with Gasteiger partial charge in [0.15, 0.2) is 0 Å². The first-order valence-electron chi connectivity index (χ1n) is 9.03. The number of allylic oxidation sites excluding steroid dienone is 2. The summed E-state index contributed by atoms with van der Waals surface area (Å²) in [6.07, 6.45) is 5.27. The second kappa shape index (κ2) is 6.88. The Morgan fingerprint density at radius 1 is 1.22 bits per heavy atom. The topological polar surface area (TPSA) is 58.4 Å². The van der Waals surface area contributed by atoms with E-state index in [2.05, 4.69) is 16.5 Å². The molecule has 0 saturated carbocycles. The highest BCUT2D eigenvalue weighted by Crippen LogP contribution is 2.51. The highest BCUT2D eigenvalue weighted by molar-refractivity contribution is 6.42. The summed E-state index contributed by atoms with van der Waals surface area (Å²) in [6.45, 7) is 5.19. The maximum Gasteiger partial charge on any atom is 0.324 e.